The molecule has 0 aromatic heterocycles. The summed E-state index contributed by atoms with van der Waals surface area (Å²) >= 11 is 3.60. The lowest BCUT2D eigenvalue weighted by Crippen LogP contribution is -2.02. The van der Waals surface area contributed by atoms with Gasteiger partial charge in [-0.1, -0.05) is 58.3 Å². The van der Waals surface area contributed by atoms with Gasteiger partial charge in [-0.15, -0.1) is 12.6 Å². The van der Waals surface area contributed by atoms with E-state index in [1.54, 1.807) is 0 Å². The van der Waals surface area contributed by atoms with Crippen molar-refractivity contribution in [1.82, 2.24) is 0 Å². The van der Waals surface area contributed by atoms with Crippen molar-refractivity contribution < 1.29 is 9.59 Å². The van der Waals surface area contributed by atoms with Gasteiger partial charge in [0.25, 0.3) is 0 Å². The Kier molecular flexibility index (Phi) is 11.9. The van der Waals surface area contributed by atoms with E-state index in [9.17, 15) is 9.59 Å². The van der Waals surface area contributed by atoms with Crippen LogP contribution in [0.25, 0.3) is 0 Å². The Morgan fingerprint density at radius 3 is 1.76 bits per heavy atom. The Hall–Kier alpha value is -0.310. The van der Waals surface area contributed by atoms with Crippen LogP contribution in [0.4, 0.5) is 0 Å². The van der Waals surface area contributed by atoms with Gasteiger partial charge in [-0.3, -0.25) is 9.59 Å². The van der Waals surface area contributed by atoms with E-state index >= 15 is 0 Å². The molecule has 17 heavy (non-hydrogen) atoms. The summed E-state index contributed by atoms with van der Waals surface area (Å²) in [5.41, 5.74) is 0. The summed E-state index contributed by atoms with van der Waals surface area (Å²) in [4.78, 5) is 21.7. The molecule has 0 aliphatic carbocycles. The van der Waals surface area contributed by atoms with E-state index in [0.717, 1.165) is 12.8 Å². The predicted octanol–water partition coefficient (Wildman–Crippen LogP) is 4.32. The number of Topliss-reactive ketones (excluding diaryl/α,β-unsaturated/α-hetero) is 1. The number of unbranched alkanes of at least 4 members (excludes halogenated alkanes) is 8. The van der Waals surface area contributed by atoms with Crippen LogP contribution in [0.5, 0.6) is 0 Å². The topological polar surface area (TPSA) is 34.1 Å². The first-order valence-electron chi connectivity index (χ1n) is 6.90. The summed E-state index contributed by atoms with van der Waals surface area (Å²) in [5.74, 6) is 0.0351. The van der Waals surface area contributed by atoms with E-state index in [1.165, 1.54) is 44.9 Å². The second-order valence-corrected chi connectivity index (χ2v) is 5.19. The zero-order valence-corrected chi connectivity index (χ0v) is 11.9. The average Bonchev–Trinajstić information content (AvgIpc) is 2.26. The SMILES string of the molecule is CCCCCCCCCCCC(=O)CC(=O)S. The number of carbonyl (C=O) groups is 2. The number of hydrogen-bond donors (Lipinski definition) is 1. The van der Waals surface area contributed by atoms with E-state index < -0.39 is 0 Å². The average molecular weight is 258 g/mol. The van der Waals surface area contributed by atoms with Gasteiger partial charge >= 0.3 is 0 Å². The van der Waals surface area contributed by atoms with Crippen LogP contribution in [0.2, 0.25) is 0 Å². The molecule has 100 valence electrons. The molecule has 0 aromatic rings. The molecular formula is C14H26O2S. The van der Waals surface area contributed by atoms with Crippen LogP contribution in [0.1, 0.15) is 77.6 Å². The van der Waals surface area contributed by atoms with E-state index in [2.05, 4.69) is 19.6 Å². The number of rotatable bonds is 12. The molecule has 0 unspecified atom stereocenters. The fourth-order valence-corrected chi connectivity index (χ4v) is 2.07. The van der Waals surface area contributed by atoms with Crippen LogP contribution in [0, 0.1) is 0 Å². The fourth-order valence-electron chi connectivity index (χ4n) is 1.89. The van der Waals surface area contributed by atoms with Crippen LogP contribution >= 0.6 is 12.6 Å². The van der Waals surface area contributed by atoms with Crippen LogP contribution in [0.15, 0.2) is 0 Å². The van der Waals surface area contributed by atoms with Gasteiger partial charge in [-0.2, -0.15) is 0 Å². The lowest BCUT2D eigenvalue weighted by Gasteiger charge is -2.01. The van der Waals surface area contributed by atoms with Crippen molar-refractivity contribution in [3.8, 4) is 0 Å². The van der Waals surface area contributed by atoms with Crippen LogP contribution < -0.4 is 0 Å². The number of ketones is 1. The largest absolute Gasteiger partial charge is 0.299 e. The Morgan fingerprint density at radius 2 is 1.29 bits per heavy atom. The minimum atomic E-state index is -0.314. The molecule has 0 radical (unpaired) electrons. The second-order valence-electron chi connectivity index (χ2n) is 4.69. The first kappa shape index (κ1) is 16.7. The maximum atomic E-state index is 11.2. The molecule has 0 aliphatic heterocycles. The third kappa shape index (κ3) is 13.6. The summed E-state index contributed by atoms with van der Waals surface area (Å²) < 4.78 is 0. The first-order valence-corrected chi connectivity index (χ1v) is 7.35. The highest BCUT2D eigenvalue weighted by Crippen LogP contribution is 2.11. The smallest absolute Gasteiger partial charge is 0.193 e. The van der Waals surface area contributed by atoms with Crippen molar-refractivity contribution >= 4 is 23.5 Å². The summed E-state index contributed by atoms with van der Waals surface area (Å²) in [6, 6.07) is 0. The molecule has 2 nitrogen and oxygen atoms in total. The van der Waals surface area contributed by atoms with Crippen molar-refractivity contribution in [2.24, 2.45) is 0 Å². The van der Waals surface area contributed by atoms with E-state index in [1.807, 2.05) is 0 Å². The number of hydrogen-bond acceptors (Lipinski definition) is 2. The third-order valence-corrected chi connectivity index (χ3v) is 3.07. The molecule has 0 saturated carbocycles. The van der Waals surface area contributed by atoms with E-state index in [0.29, 0.717) is 6.42 Å². The van der Waals surface area contributed by atoms with E-state index in [-0.39, 0.29) is 17.3 Å². The minimum Gasteiger partial charge on any atom is -0.299 e. The van der Waals surface area contributed by atoms with Crippen molar-refractivity contribution in [3.63, 3.8) is 0 Å². The predicted molar refractivity (Wildman–Crippen MR) is 75.5 cm³/mol. The third-order valence-electron chi connectivity index (χ3n) is 2.91. The summed E-state index contributed by atoms with van der Waals surface area (Å²) in [7, 11) is 0. The molecule has 0 heterocycles. The minimum absolute atomic E-state index is 0.000128. The number of carbonyl (C=O) groups excluding carboxylic acids is 2. The van der Waals surface area contributed by atoms with Crippen molar-refractivity contribution in [3.05, 3.63) is 0 Å². The molecule has 0 aromatic carbocycles. The summed E-state index contributed by atoms with van der Waals surface area (Å²) in [5, 5.41) is -0.314. The van der Waals surface area contributed by atoms with Gasteiger partial charge in [0.2, 0.25) is 0 Å². The van der Waals surface area contributed by atoms with Gasteiger partial charge in [-0.25, -0.2) is 0 Å². The van der Waals surface area contributed by atoms with E-state index in [4.69, 9.17) is 0 Å². The zero-order chi connectivity index (χ0) is 12.9. The van der Waals surface area contributed by atoms with Gasteiger partial charge in [0, 0.05) is 6.42 Å². The Morgan fingerprint density at radius 1 is 0.824 bits per heavy atom. The van der Waals surface area contributed by atoms with Gasteiger partial charge in [0.05, 0.1) is 6.42 Å². The van der Waals surface area contributed by atoms with Crippen molar-refractivity contribution in [2.75, 3.05) is 0 Å². The van der Waals surface area contributed by atoms with Gasteiger partial charge in [-0.05, 0) is 6.42 Å². The van der Waals surface area contributed by atoms with Crippen molar-refractivity contribution in [2.45, 2.75) is 77.6 Å². The fraction of sp³-hybridized carbons (Fsp3) is 0.857. The maximum absolute atomic E-state index is 11.2. The van der Waals surface area contributed by atoms with Crippen LogP contribution in [0.3, 0.4) is 0 Å². The monoisotopic (exact) mass is 258 g/mol. The van der Waals surface area contributed by atoms with Crippen molar-refractivity contribution in [1.29, 1.82) is 0 Å². The Balaban J connectivity index is 3.13. The Bertz CT molecular complexity index is 214. The normalized spacial score (nSPS) is 10.5. The quantitative estimate of drug-likeness (QED) is 0.321. The van der Waals surface area contributed by atoms with Crippen LogP contribution in [-0.2, 0) is 9.59 Å². The zero-order valence-electron chi connectivity index (χ0n) is 11.0. The molecule has 0 atom stereocenters. The van der Waals surface area contributed by atoms with Gasteiger partial charge in [0.15, 0.2) is 5.12 Å². The summed E-state index contributed by atoms with van der Waals surface area (Å²) in [6.45, 7) is 2.23. The highest BCUT2D eigenvalue weighted by molar-refractivity contribution is 7.96. The molecule has 0 aliphatic rings. The molecule has 0 N–H and O–H groups in total. The summed E-state index contributed by atoms with van der Waals surface area (Å²) in [6.07, 6.45) is 11.8. The number of thiol groups is 1. The highest BCUT2D eigenvalue weighted by atomic mass is 32.1. The first-order chi connectivity index (χ1) is 8.16. The van der Waals surface area contributed by atoms with Gasteiger partial charge < -0.3 is 0 Å². The standard InChI is InChI=1S/C14H26O2S/c1-2-3-4-5-6-7-8-9-10-11-13(15)12-14(16)17/h2-12H2,1H3,(H,16,17). The lowest BCUT2D eigenvalue weighted by atomic mass is 10.1. The van der Waals surface area contributed by atoms with Crippen LogP contribution in [-0.4, -0.2) is 10.9 Å². The molecule has 3 heteroatoms. The maximum Gasteiger partial charge on any atom is 0.193 e. The molecule has 0 fully saturated rings. The molecule has 0 spiro atoms. The molecular weight excluding hydrogens is 232 g/mol. The lowest BCUT2D eigenvalue weighted by molar-refractivity contribution is -0.123. The highest BCUT2D eigenvalue weighted by Gasteiger charge is 2.05. The van der Waals surface area contributed by atoms with Gasteiger partial charge in [0.1, 0.15) is 5.78 Å². The Labute approximate surface area is 111 Å². The molecule has 0 amide bonds. The molecule has 0 bridgehead atoms. The second kappa shape index (κ2) is 12.2. The molecule has 0 saturated heterocycles. The molecule has 0 rings (SSSR count).